The molecule has 104 valence electrons. The van der Waals surface area contributed by atoms with Crippen LogP contribution < -0.4 is 10.6 Å². The summed E-state index contributed by atoms with van der Waals surface area (Å²) in [6.45, 7) is 6.38. The molecule has 2 rings (SSSR count). The van der Waals surface area contributed by atoms with Gasteiger partial charge in [0.25, 0.3) is 0 Å². The molecule has 20 heavy (non-hydrogen) atoms. The van der Waals surface area contributed by atoms with Crippen LogP contribution in [-0.2, 0) is 4.79 Å². The van der Waals surface area contributed by atoms with Crippen LogP contribution in [0.4, 0.5) is 11.4 Å². The summed E-state index contributed by atoms with van der Waals surface area (Å²) in [5.41, 5.74) is 5.36. The summed E-state index contributed by atoms with van der Waals surface area (Å²) < 4.78 is 0. The first-order valence-corrected chi connectivity index (χ1v) is 6.73. The number of hydrogen-bond donors (Lipinski definition) is 2. The van der Waals surface area contributed by atoms with Crippen molar-refractivity contribution in [2.24, 2.45) is 0 Å². The average molecular weight is 268 g/mol. The summed E-state index contributed by atoms with van der Waals surface area (Å²) in [5, 5.41) is 6.06. The third-order valence-electron chi connectivity index (χ3n) is 3.35. The number of nitrogens with one attached hydrogen (secondary N) is 2. The molecule has 3 nitrogen and oxygen atoms in total. The van der Waals surface area contributed by atoms with Crippen molar-refractivity contribution < 1.29 is 4.79 Å². The Morgan fingerprint density at radius 2 is 1.80 bits per heavy atom. The second kappa shape index (κ2) is 6.24. The minimum atomic E-state index is -0.0449. The lowest BCUT2D eigenvalue weighted by Crippen LogP contribution is -2.22. The van der Waals surface area contributed by atoms with Crippen molar-refractivity contribution in [2.45, 2.75) is 20.8 Å². The van der Waals surface area contributed by atoms with Gasteiger partial charge in [0.15, 0.2) is 0 Å². The van der Waals surface area contributed by atoms with Gasteiger partial charge >= 0.3 is 0 Å². The van der Waals surface area contributed by atoms with E-state index in [9.17, 15) is 4.79 Å². The zero-order valence-corrected chi connectivity index (χ0v) is 12.2. The maximum atomic E-state index is 11.9. The van der Waals surface area contributed by atoms with Gasteiger partial charge in [-0.15, -0.1) is 0 Å². The molecule has 0 saturated heterocycles. The molecule has 0 unspecified atom stereocenters. The zero-order chi connectivity index (χ0) is 14.5. The molecule has 0 radical (unpaired) electrons. The van der Waals surface area contributed by atoms with Crippen LogP contribution in [0.1, 0.15) is 16.7 Å². The van der Waals surface area contributed by atoms with Gasteiger partial charge in [0.05, 0.1) is 6.54 Å². The zero-order valence-electron chi connectivity index (χ0n) is 12.2. The van der Waals surface area contributed by atoms with Crippen LogP contribution in [0.2, 0.25) is 0 Å². The number of aryl methyl sites for hydroxylation is 2. The van der Waals surface area contributed by atoms with Crippen LogP contribution in [0.25, 0.3) is 0 Å². The summed E-state index contributed by atoms with van der Waals surface area (Å²) in [4.78, 5) is 11.9. The standard InChI is InChI=1S/C17H20N2O/c1-12-6-4-8-15(10-12)19-17(20)11-18-16-9-5-7-13(2)14(16)3/h4-10,18H,11H2,1-3H3,(H,19,20). The van der Waals surface area contributed by atoms with E-state index < -0.39 is 0 Å². The van der Waals surface area contributed by atoms with Gasteiger partial charge in [0.2, 0.25) is 5.91 Å². The Morgan fingerprint density at radius 1 is 1.05 bits per heavy atom. The lowest BCUT2D eigenvalue weighted by atomic mass is 10.1. The summed E-state index contributed by atoms with van der Waals surface area (Å²) in [6.07, 6.45) is 0. The van der Waals surface area contributed by atoms with Crippen molar-refractivity contribution in [3.63, 3.8) is 0 Å². The number of hydrogen-bond acceptors (Lipinski definition) is 2. The molecular weight excluding hydrogens is 248 g/mol. The monoisotopic (exact) mass is 268 g/mol. The third-order valence-corrected chi connectivity index (χ3v) is 3.35. The Morgan fingerprint density at radius 3 is 2.55 bits per heavy atom. The fourth-order valence-corrected chi connectivity index (χ4v) is 2.05. The summed E-state index contributed by atoms with van der Waals surface area (Å²) in [6, 6.07) is 13.8. The molecule has 0 heterocycles. The van der Waals surface area contributed by atoms with Gasteiger partial charge in [-0.2, -0.15) is 0 Å². The maximum absolute atomic E-state index is 11.9. The Balaban J connectivity index is 1.94. The predicted octanol–water partition coefficient (Wildman–Crippen LogP) is 3.66. The SMILES string of the molecule is Cc1cccc(NC(=O)CNc2cccc(C)c2C)c1. The number of amides is 1. The van der Waals surface area contributed by atoms with Crippen LogP contribution >= 0.6 is 0 Å². The maximum Gasteiger partial charge on any atom is 0.243 e. The molecule has 0 aliphatic rings. The highest BCUT2D eigenvalue weighted by Gasteiger charge is 2.04. The fourth-order valence-electron chi connectivity index (χ4n) is 2.05. The topological polar surface area (TPSA) is 41.1 Å². The van der Waals surface area contributed by atoms with E-state index >= 15 is 0 Å². The molecule has 0 fully saturated rings. The first-order valence-electron chi connectivity index (χ1n) is 6.73. The molecule has 1 amide bonds. The quantitative estimate of drug-likeness (QED) is 0.888. The van der Waals surface area contributed by atoms with Crippen molar-refractivity contribution in [3.8, 4) is 0 Å². The predicted molar refractivity (Wildman–Crippen MR) is 84.2 cm³/mol. The second-order valence-corrected chi connectivity index (χ2v) is 5.02. The van der Waals surface area contributed by atoms with E-state index in [2.05, 4.69) is 30.5 Å². The van der Waals surface area contributed by atoms with Crippen LogP contribution in [0.3, 0.4) is 0 Å². The van der Waals surface area contributed by atoms with E-state index in [-0.39, 0.29) is 12.5 Å². The lowest BCUT2D eigenvalue weighted by molar-refractivity contribution is -0.114. The number of carbonyl (C=O) groups excluding carboxylic acids is 1. The minimum absolute atomic E-state index is 0.0449. The molecule has 0 atom stereocenters. The van der Waals surface area contributed by atoms with Gasteiger partial charge in [0, 0.05) is 11.4 Å². The van der Waals surface area contributed by atoms with E-state index in [0.717, 1.165) is 16.9 Å². The molecule has 0 spiro atoms. The normalized spacial score (nSPS) is 10.2. The average Bonchev–Trinajstić information content (AvgIpc) is 2.40. The Labute approximate surface area is 120 Å². The first kappa shape index (κ1) is 14.1. The highest BCUT2D eigenvalue weighted by Crippen LogP contribution is 2.17. The summed E-state index contributed by atoms with van der Waals surface area (Å²) in [5.74, 6) is -0.0449. The van der Waals surface area contributed by atoms with Gasteiger partial charge in [-0.1, -0.05) is 24.3 Å². The molecule has 2 aromatic rings. The number of anilines is 2. The van der Waals surface area contributed by atoms with Crippen LogP contribution in [0.5, 0.6) is 0 Å². The van der Waals surface area contributed by atoms with E-state index in [1.165, 1.54) is 11.1 Å². The van der Waals surface area contributed by atoms with Crippen molar-refractivity contribution in [1.29, 1.82) is 0 Å². The third kappa shape index (κ3) is 3.60. The molecule has 2 aromatic carbocycles. The Kier molecular flexibility index (Phi) is 4.41. The highest BCUT2D eigenvalue weighted by molar-refractivity contribution is 5.93. The minimum Gasteiger partial charge on any atom is -0.376 e. The number of carbonyl (C=O) groups is 1. The second-order valence-electron chi connectivity index (χ2n) is 5.02. The van der Waals surface area contributed by atoms with Crippen molar-refractivity contribution >= 4 is 17.3 Å². The van der Waals surface area contributed by atoms with Crippen LogP contribution in [0, 0.1) is 20.8 Å². The number of rotatable bonds is 4. The largest absolute Gasteiger partial charge is 0.376 e. The van der Waals surface area contributed by atoms with Gasteiger partial charge in [-0.05, 0) is 55.7 Å². The van der Waals surface area contributed by atoms with Gasteiger partial charge in [-0.3, -0.25) is 4.79 Å². The molecule has 0 saturated carbocycles. The molecule has 0 bridgehead atoms. The van der Waals surface area contributed by atoms with E-state index in [1.54, 1.807) is 0 Å². The summed E-state index contributed by atoms with van der Waals surface area (Å²) >= 11 is 0. The van der Waals surface area contributed by atoms with Crippen molar-refractivity contribution in [2.75, 3.05) is 17.2 Å². The molecule has 3 heteroatoms. The van der Waals surface area contributed by atoms with Crippen molar-refractivity contribution in [3.05, 3.63) is 59.2 Å². The van der Waals surface area contributed by atoms with Gasteiger partial charge < -0.3 is 10.6 Å². The molecular formula is C17H20N2O. The van der Waals surface area contributed by atoms with E-state index in [1.807, 2.05) is 43.3 Å². The van der Waals surface area contributed by atoms with Gasteiger partial charge in [-0.25, -0.2) is 0 Å². The number of benzene rings is 2. The van der Waals surface area contributed by atoms with E-state index in [4.69, 9.17) is 0 Å². The van der Waals surface area contributed by atoms with Gasteiger partial charge in [0.1, 0.15) is 0 Å². The Hall–Kier alpha value is -2.29. The van der Waals surface area contributed by atoms with Crippen molar-refractivity contribution in [1.82, 2.24) is 0 Å². The fraction of sp³-hybridized carbons (Fsp3) is 0.235. The van der Waals surface area contributed by atoms with E-state index in [0.29, 0.717) is 0 Å². The molecule has 0 aliphatic carbocycles. The van der Waals surface area contributed by atoms with Crippen LogP contribution in [-0.4, -0.2) is 12.5 Å². The summed E-state index contributed by atoms with van der Waals surface area (Å²) in [7, 11) is 0. The van der Waals surface area contributed by atoms with Crippen LogP contribution in [0.15, 0.2) is 42.5 Å². The molecule has 0 aliphatic heterocycles. The highest BCUT2D eigenvalue weighted by atomic mass is 16.1. The lowest BCUT2D eigenvalue weighted by Gasteiger charge is -2.11. The smallest absolute Gasteiger partial charge is 0.243 e. The molecule has 0 aromatic heterocycles. The first-order chi connectivity index (χ1) is 9.56. The Bertz CT molecular complexity index is 620. The molecule has 2 N–H and O–H groups in total.